The van der Waals surface area contributed by atoms with Gasteiger partial charge in [0.2, 0.25) is 5.91 Å². The summed E-state index contributed by atoms with van der Waals surface area (Å²) < 4.78 is 0. The molecule has 0 spiro atoms. The van der Waals surface area contributed by atoms with Gasteiger partial charge in [-0.1, -0.05) is 12.1 Å². The summed E-state index contributed by atoms with van der Waals surface area (Å²) in [6.45, 7) is 8.27. The second kappa shape index (κ2) is 13.6. The van der Waals surface area contributed by atoms with E-state index in [1.54, 1.807) is 17.5 Å². The van der Waals surface area contributed by atoms with Gasteiger partial charge in [-0.2, -0.15) is 0 Å². The van der Waals surface area contributed by atoms with Gasteiger partial charge in [0.1, 0.15) is 5.82 Å². The molecular formula is C22H33IN6OS. The third-order valence-corrected chi connectivity index (χ3v) is 6.02. The Morgan fingerprint density at radius 3 is 2.71 bits per heavy atom. The third kappa shape index (κ3) is 8.38. The van der Waals surface area contributed by atoms with Crippen LogP contribution >= 0.6 is 35.3 Å². The molecule has 0 aliphatic carbocycles. The summed E-state index contributed by atoms with van der Waals surface area (Å²) >= 11 is 1.80. The fourth-order valence-electron chi connectivity index (χ4n) is 3.48. The first-order valence-electron chi connectivity index (χ1n) is 10.7. The van der Waals surface area contributed by atoms with Crippen LogP contribution in [0.25, 0.3) is 0 Å². The van der Waals surface area contributed by atoms with Gasteiger partial charge in [0.15, 0.2) is 5.96 Å². The molecule has 0 aromatic carbocycles. The van der Waals surface area contributed by atoms with Crippen molar-refractivity contribution in [1.29, 1.82) is 0 Å². The lowest BCUT2D eigenvalue weighted by atomic mass is 10.2. The molecule has 1 atom stereocenters. The molecule has 1 fully saturated rings. The van der Waals surface area contributed by atoms with Gasteiger partial charge in [-0.15, -0.1) is 35.3 Å². The van der Waals surface area contributed by atoms with Gasteiger partial charge in [-0.3, -0.25) is 14.7 Å². The molecule has 3 N–H and O–H groups in total. The fourth-order valence-corrected chi connectivity index (χ4v) is 4.33. The van der Waals surface area contributed by atoms with Gasteiger partial charge >= 0.3 is 0 Å². The highest BCUT2D eigenvalue weighted by Gasteiger charge is 2.24. The number of nitrogens with one attached hydrogen (secondary N) is 3. The van der Waals surface area contributed by atoms with Crippen LogP contribution in [0.3, 0.4) is 0 Å². The molecule has 2 aromatic heterocycles. The van der Waals surface area contributed by atoms with E-state index in [4.69, 9.17) is 4.99 Å². The summed E-state index contributed by atoms with van der Waals surface area (Å²) in [6, 6.07) is 8.38. The number of aryl methyl sites for hydroxylation is 1. The number of likely N-dealkylation sites (tertiary alicyclic amines) is 1. The van der Waals surface area contributed by atoms with Crippen molar-refractivity contribution in [2.24, 2.45) is 4.99 Å². The van der Waals surface area contributed by atoms with Crippen LogP contribution in [0, 0.1) is 6.92 Å². The molecular weight excluding hydrogens is 523 g/mol. The number of pyridine rings is 1. The molecule has 2 aromatic rings. The zero-order chi connectivity index (χ0) is 21.2. The lowest BCUT2D eigenvalue weighted by Gasteiger charge is -2.25. The lowest BCUT2D eigenvalue weighted by Crippen LogP contribution is -2.39. The summed E-state index contributed by atoms with van der Waals surface area (Å²) in [5.74, 6) is 1.26. The Balaban J connectivity index is 0.00000341. The SMILES string of the molecule is CCNC(=NCC(c1cccs1)N1CCCC1)NCCC(=O)Nc1ccc(C)cn1.I. The monoisotopic (exact) mass is 556 g/mol. The summed E-state index contributed by atoms with van der Waals surface area (Å²) in [7, 11) is 0. The Labute approximate surface area is 206 Å². The van der Waals surface area contributed by atoms with Crippen LogP contribution < -0.4 is 16.0 Å². The number of aromatic nitrogens is 1. The van der Waals surface area contributed by atoms with Crippen molar-refractivity contribution in [3.05, 3.63) is 46.3 Å². The molecule has 9 heteroatoms. The first-order chi connectivity index (χ1) is 14.7. The van der Waals surface area contributed by atoms with Crippen molar-refractivity contribution in [2.75, 3.05) is 38.0 Å². The Morgan fingerprint density at radius 1 is 1.26 bits per heavy atom. The molecule has 0 bridgehead atoms. The first kappa shape index (κ1) is 25.5. The largest absolute Gasteiger partial charge is 0.357 e. The Morgan fingerprint density at radius 2 is 2.06 bits per heavy atom. The average Bonchev–Trinajstić information content (AvgIpc) is 3.45. The Hall–Kier alpha value is -1.72. The van der Waals surface area contributed by atoms with Crippen LogP contribution in [0.4, 0.5) is 5.82 Å². The van der Waals surface area contributed by atoms with Gasteiger partial charge < -0.3 is 16.0 Å². The van der Waals surface area contributed by atoms with Gasteiger partial charge in [0, 0.05) is 30.6 Å². The molecule has 170 valence electrons. The second-order valence-electron chi connectivity index (χ2n) is 7.44. The lowest BCUT2D eigenvalue weighted by molar-refractivity contribution is -0.116. The van der Waals surface area contributed by atoms with Crippen molar-refractivity contribution >= 4 is 53.0 Å². The maximum Gasteiger partial charge on any atom is 0.227 e. The predicted octanol–water partition coefficient (Wildman–Crippen LogP) is 3.79. The van der Waals surface area contributed by atoms with Gasteiger partial charge in [0.05, 0.1) is 12.6 Å². The molecule has 1 aliphatic rings. The summed E-state index contributed by atoms with van der Waals surface area (Å²) in [5.41, 5.74) is 1.07. The minimum Gasteiger partial charge on any atom is -0.357 e. The van der Waals surface area contributed by atoms with E-state index in [-0.39, 0.29) is 29.9 Å². The van der Waals surface area contributed by atoms with E-state index in [1.165, 1.54) is 17.7 Å². The number of carbonyl (C=O) groups is 1. The number of halogens is 1. The molecule has 3 heterocycles. The van der Waals surface area contributed by atoms with E-state index in [0.29, 0.717) is 31.4 Å². The van der Waals surface area contributed by atoms with Gasteiger partial charge in [0.25, 0.3) is 0 Å². The van der Waals surface area contributed by atoms with Crippen molar-refractivity contribution in [3.63, 3.8) is 0 Å². The van der Waals surface area contributed by atoms with E-state index in [2.05, 4.69) is 43.3 Å². The smallest absolute Gasteiger partial charge is 0.227 e. The van der Waals surface area contributed by atoms with Crippen molar-refractivity contribution in [2.45, 2.75) is 39.2 Å². The standard InChI is InChI=1S/C22H32N6OS.HI/c1-3-23-22(24-11-10-21(29)27-20-9-8-17(2)15-25-20)26-16-18(19-7-6-14-30-19)28-12-4-5-13-28;/h6-9,14-15,18H,3-5,10-13,16H2,1-2H3,(H2,23,24,26)(H,25,27,29);1H. The second-order valence-corrected chi connectivity index (χ2v) is 8.42. The minimum absolute atomic E-state index is 0. The van der Waals surface area contributed by atoms with E-state index in [0.717, 1.165) is 31.2 Å². The molecule has 31 heavy (non-hydrogen) atoms. The highest BCUT2D eigenvalue weighted by molar-refractivity contribution is 14.0. The number of nitrogens with zero attached hydrogens (tertiary/aromatic N) is 3. The molecule has 0 radical (unpaired) electrons. The number of thiophene rings is 1. The van der Waals surface area contributed by atoms with E-state index < -0.39 is 0 Å². The van der Waals surface area contributed by atoms with Crippen molar-refractivity contribution in [1.82, 2.24) is 20.5 Å². The van der Waals surface area contributed by atoms with Gasteiger partial charge in [-0.25, -0.2) is 4.98 Å². The zero-order valence-electron chi connectivity index (χ0n) is 18.3. The van der Waals surface area contributed by atoms with Crippen LogP contribution in [0.1, 0.15) is 42.7 Å². The molecule has 3 rings (SSSR count). The number of amides is 1. The molecule has 1 amide bonds. The van der Waals surface area contributed by atoms with Crippen molar-refractivity contribution in [3.8, 4) is 0 Å². The van der Waals surface area contributed by atoms with E-state index >= 15 is 0 Å². The number of hydrogen-bond donors (Lipinski definition) is 3. The number of rotatable bonds is 9. The fraction of sp³-hybridized carbons (Fsp3) is 0.500. The number of hydrogen-bond acceptors (Lipinski definition) is 5. The van der Waals surface area contributed by atoms with Crippen molar-refractivity contribution < 1.29 is 4.79 Å². The first-order valence-corrected chi connectivity index (χ1v) is 11.6. The minimum atomic E-state index is -0.0665. The third-order valence-electron chi connectivity index (χ3n) is 5.04. The quantitative estimate of drug-likeness (QED) is 0.249. The molecule has 1 aliphatic heterocycles. The molecule has 0 saturated carbocycles. The number of anilines is 1. The number of guanidine groups is 1. The normalized spacial score (nSPS) is 15.2. The molecule has 1 saturated heterocycles. The average molecular weight is 557 g/mol. The summed E-state index contributed by atoms with van der Waals surface area (Å²) in [6.07, 6.45) is 4.61. The topological polar surface area (TPSA) is 81.7 Å². The molecule has 1 unspecified atom stereocenters. The predicted molar refractivity (Wildman–Crippen MR) is 139 cm³/mol. The Bertz CT molecular complexity index is 806. The zero-order valence-corrected chi connectivity index (χ0v) is 21.4. The van der Waals surface area contributed by atoms with Crippen LogP contribution in [0.15, 0.2) is 40.8 Å². The highest BCUT2D eigenvalue weighted by Crippen LogP contribution is 2.28. The Kier molecular flexibility index (Phi) is 11.2. The van der Waals surface area contributed by atoms with E-state index in [1.807, 2.05) is 26.0 Å². The van der Waals surface area contributed by atoms with Crippen LogP contribution in [-0.4, -0.2) is 54.5 Å². The summed E-state index contributed by atoms with van der Waals surface area (Å²) in [4.78, 5) is 25.1. The van der Waals surface area contributed by atoms with E-state index in [9.17, 15) is 4.79 Å². The maximum absolute atomic E-state index is 12.2. The van der Waals surface area contributed by atoms with Crippen LogP contribution in [-0.2, 0) is 4.79 Å². The van der Waals surface area contributed by atoms with Gasteiger partial charge in [-0.05, 0) is 62.9 Å². The highest BCUT2D eigenvalue weighted by atomic mass is 127. The summed E-state index contributed by atoms with van der Waals surface area (Å²) in [5, 5.41) is 11.5. The maximum atomic E-state index is 12.2. The van der Waals surface area contributed by atoms with Crippen LogP contribution in [0.2, 0.25) is 0 Å². The number of aliphatic imine (C=N–C) groups is 1. The van der Waals surface area contributed by atoms with Crippen LogP contribution in [0.5, 0.6) is 0 Å². The number of carbonyl (C=O) groups excluding carboxylic acids is 1. The molecule has 7 nitrogen and oxygen atoms in total.